The molecule has 2 aromatic carbocycles. The first-order valence-corrected chi connectivity index (χ1v) is 8.75. The number of rotatable bonds is 4. The van der Waals surface area contributed by atoms with Gasteiger partial charge >= 0.3 is 5.97 Å². The van der Waals surface area contributed by atoms with Crippen LogP contribution in [-0.2, 0) is 9.47 Å². The van der Waals surface area contributed by atoms with Gasteiger partial charge in [0.1, 0.15) is 0 Å². The van der Waals surface area contributed by atoms with E-state index in [0.717, 1.165) is 37.6 Å². The van der Waals surface area contributed by atoms with Crippen LogP contribution in [0.15, 0.2) is 30.3 Å². The summed E-state index contributed by atoms with van der Waals surface area (Å²) in [6.45, 7) is 3.26. The second kappa shape index (κ2) is 7.36. The maximum Gasteiger partial charge on any atom is 0.338 e. The van der Waals surface area contributed by atoms with Crippen molar-refractivity contribution in [3.8, 4) is 28.4 Å². The van der Waals surface area contributed by atoms with Crippen molar-refractivity contribution in [2.75, 3.05) is 52.2 Å². The first-order valence-electron chi connectivity index (χ1n) is 8.75. The van der Waals surface area contributed by atoms with E-state index < -0.39 is 5.97 Å². The van der Waals surface area contributed by atoms with Crippen molar-refractivity contribution in [1.82, 2.24) is 0 Å². The van der Waals surface area contributed by atoms with E-state index in [1.54, 1.807) is 13.2 Å². The minimum absolute atomic E-state index is 0.0890. The molecular weight excluding hydrogens is 350 g/mol. The number of methoxy groups -OCH3 is 2. The molecule has 0 bridgehead atoms. The van der Waals surface area contributed by atoms with Crippen molar-refractivity contribution in [3.05, 3.63) is 35.9 Å². The maximum atomic E-state index is 12.4. The normalized spacial score (nSPS) is 15.6. The highest BCUT2D eigenvalue weighted by Gasteiger charge is 2.29. The molecule has 0 atom stereocenters. The van der Waals surface area contributed by atoms with Crippen molar-refractivity contribution in [2.45, 2.75) is 0 Å². The largest absolute Gasteiger partial charge is 0.492 e. The van der Waals surface area contributed by atoms with Gasteiger partial charge in [-0.1, -0.05) is 12.1 Å². The van der Waals surface area contributed by atoms with Gasteiger partial charge in [0.05, 0.1) is 33.0 Å². The summed E-state index contributed by atoms with van der Waals surface area (Å²) in [4.78, 5) is 14.7. The number of carbonyl (C=O) groups is 1. The lowest BCUT2D eigenvalue weighted by atomic mass is 9.97. The highest BCUT2D eigenvalue weighted by Crippen LogP contribution is 2.49. The molecule has 7 nitrogen and oxygen atoms in total. The second-order valence-corrected chi connectivity index (χ2v) is 6.20. The number of carbonyl (C=O) groups excluding carboxylic acids is 1. The van der Waals surface area contributed by atoms with Crippen LogP contribution in [0.5, 0.6) is 17.2 Å². The molecule has 0 N–H and O–H groups in total. The van der Waals surface area contributed by atoms with E-state index >= 15 is 0 Å². The molecule has 27 heavy (non-hydrogen) atoms. The fraction of sp³-hybridized carbons (Fsp3) is 0.350. The van der Waals surface area contributed by atoms with Crippen LogP contribution in [0.2, 0.25) is 0 Å². The van der Waals surface area contributed by atoms with Gasteiger partial charge < -0.3 is 28.6 Å². The first-order chi connectivity index (χ1) is 13.2. The summed E-state index contributed by atoms with van der Waals surface area (Å²) in [5, 5.41) is 0. The Balaban J connectivity index is 1.79. The van der Waals surface area contributed by atoms with Crippen LogP contribution < -0.4 is 19.1 Å². The topological polar surface area (TPSA) is 66.5 Å². The van der Waals surface area contributed by atoms with E-state index in [1.165, 1.54) is 7.11 Å². The third-order valence-electron chi connectivity index (χ3n) is 4.76. The van der Waals surface area contributed by atoms with Crippen LogP contribution in [-0.4, -0.2) is 53.3 Å². The molecule has 7 heteroatoms. The van der Waals surface area contributed by atoms with E-state index in [-0.39, 0.29) is 6.79 Å². The Morgan fingerprint density at radius 3 is 2.48 bits per heavy atom. The minimum atomic E-state index is -0.459. The summed E-state index contributed by atoms with van der Waals surface area (Å²) >= 11 is 0. The highest BCUT2D eigenvalue weighted by molar-refractivity contribution is 6.01. The number of nitrogens with zero attached hydrogens (tertiary/aromatic N) is 1. The van der Waals surface area contributed by atoms with Gasteiger partial charge in [-0.3, -0.25) is 0 Å². The molecule has 0 radical (unpaired) electrons. The standard InChI is InChI=1S/C20H21NO6/c1-23-19-17(15(20(22)24-2)11-16-18(19)27-12-26-16)13-3-5-14(6-4-13)21-7-9-25-10-8-21/h3-6,11H,7-10,12H2,1-2H3. The Labute approximate surface area is 157 Å². The highest BCUT2D eigenvalue weighted by atomic mass is 16.7. The van der Waals surface area contributed by atoms with Crippen molar-refractivity contribution < 1.29 is 28.5 Å². The summed E-state index contributed by atoms with van der Waals surface area (Å²) in [5.74, 6) is 0.974. The van der Waals surface area contributed by atoms with Gasteiger partial charge in [0.25, 0.3) is 0 Å². The van der Waals surface area contributed by atoms with E-state index in [9.17, 15) is 4.79 Å². The smallest absolute Gasteiger partial charge is 0.338 e. The minimum Gasteiger partial charge on any atom is -0.492 e. The molecule has 0 unspecified atom stereocenters. The summed E-state index contributed by atoms with van der Waals surface area (Å²) in [7, 11) is 2.90. The lowest BCUT2D eigenvalue weighted by Gasteiger charge is -2.29. The number of ether oxygens (including phenoxy) is 5. The summed E-state index contributed by atoms with van der Waals surface area (Å²) < 4.78 is 26.9. The van der Waals surface area contributed by atoms with E-state index in [0.29, 0.717) is 28.4 Å². The predicted octanol–water partition coefficient (Wildman–Crippen LogP) is 2.71. The molecule has 0 saturated carbocycles. The van der Waals surface area contributed by atoms with Gasteiger partial charge in [-0.15, -0.1) is 0 Å². The Kier molecular flexibility index (Phi) is 4.77. The SMILES string of the molecule is COC(=O)c1cc2c(c(OC)c1-c1ccc(N3CCOCC3)cc1)OCO2. The fourth-order valence-electron chi connectivity index (χ4n) is 3.43. The summed E-state index contributed by atoms with van der Waals surface area (Å²) in [5.41, 5.74) is 2.95. The van der Waals surface area contributed by atoms with Crippen molar-refractivity contribution in [1.29, 1.82) is 0 Å². The number of hydrogen-bond donors (Lipinski definition) is 0. The Morgan fingerprint density at radius 2 is 1.81 bits per heavy atom. The molecule has 142 valence electrons. The number of morpholine rings is 1. The van der Waals surface area contributed by atoms with Crippen LogP contribution in [0.4, 0.5) is 5.69 Å². The first kappa shape index (κ1) is 17.5. The molecule has 2 aliphatic heterocycles. The monoisotopic (exact) mass is 371 g/mol. The van der Waals surface area contributed by atoms with Crippen molar-refractivity contribution in [2.24, 2.45) is 0 Å². The molecule has 2 aromatic rings. The number of esters is 1. The molecule has 2 heterocycles. The van der Waals surface area contributed by atoms with Gasteiger partial charge in [-0.25, -0.2) is 4.79 Å². The zero-order valence-corrected chi connectivity index (χ0v) is 15.3. The van der Waals surface area contributed by atoms with Gasteiger partial charge in [0, 0.05) is 24.3 Å². The van der Waals surface area contributed by atoms with Gasteiger partial charge in [0.2, 0.25) is 12.5 Å². The Morgan fingerprint density at radius 1 is 1.07 bits per heavy atom. The van der Waals surface area contributed by atoms with Gasteiger partial charge in [0.15, 0.2) is 11.5 Å². The van der Waals surface area contributed by atoms with Gasteiger partial charge in [-0.2, -0.15) is 0 Å². The molecule has 4 rings (SSSR count). The zero-order valence-electron chi connectivity index (χ0n) is 15.3. The number of anilines is 1. The van der Waals surface area contributed by atoms with Crippen LogP contribution in [0.3, 0.4) is 0 Å². The van der Waals surface area contributed by atoms with Gasteiger partial charge in [-0.05, 0) is 23.8 Å². The van der Waals surface area contributed by atoms with E-state index in [1.807, 2.05) is 24.3 Å². The molecular formula is C20H21NO6. The number of benzene rings is 2. The Bertz CT molecular complexity index is 843. The lowest BCUT2D eigenvalue weighted by Crippen LogP contribution is -2.36. The quantitative estimate of drug-likeness (QED) is 0.766. The zero-order chi connectivity index (χ0) is 18.8. The summed E-state index contributed by atoms with van der Waals surface area (Å²) in [6.07, 6.45) is 0. The molecule has 0 aliphatic carbocycles. The number of hydrogen-bond acceptors (Lipinski definition) is 7. The van der Waals surface area contributed by atoms with Crippen LogP contribution in [0.1, 0.15) is 10.4 Å². The van der Waals surface area contributed by atoms with E-state index in [2.05, 4.69) is 4.90 Å². The van der Waals surface area contributed by atoms with E-state index in [4.69, 9.17) is 23.7 Å². The van der Waals surface area contributed by atoms with Crippen molar-refractivity contribution >= 4 is 11.7 Å². The Hall–Kier alpha value is -2.93. The summed E-state index contributed by atoms with van der Waals surface area (Å²) in [6, 6.07) is 9.65. The van der Waals surface area contributed by atoms with Crippen molar-refractivity contribution in [3.63, 3.8) is 0 Å². The van der Waals surface area contributed by atoms with Crippen LogP contribution >= 0.6 is 0 Å². The predicted molar refractivity (Wildman–Crippen MR) is 98.9 cm³/mol. The average molecular weight is 371 g/mol. The third kappa shape index (κ3) is 3.14. The van der Waals surface area contributed by atoms with Crippen LogP contribution in [0, 0.1) is 0 Å². The molecule has 0 amide bonds. The fourth-order valence-corrected chi connectivity index (χ4v) is 3.43. The number of fused-ring (bicyclic) bond motifs is 1. The third-order valence-corrected chi connectivity index (χ3v) is 4.76. The molecule has 0 aromatic heterocycles. The molecule has 1 saturated heterocycles. The molecule has 0 spiro atoms. The average Bonchev–Trinajstić information content (AvgIpc) is 3.21. The molecule has 2 aliphatic rings. The second-order valence-electron chi connectivity index (χ2n) is 6.20. The molecule has 1 fully saturated rings. The lowest BCUT2D eigenvalue weighted by molar-refractivity contribution is 0.0601. The van der Waals surface area contributed by atoms with Crippen LogP contribution in [0.25, 0.3) is 11.1 Å². The maximum absolute atomic E-state index is 12.4.